The molecule has 0 aromatic heterocycles. The largest absolute Gasteiger partial charge is 0.444 e. The van der Waals surface area contributed by atoms with Crippen LogP contribution in [0.2, 0.25) is 0 Å². The van der Waals surface area contributed by atoms with Crippen molar-refractivity contribution in [1.29, 1.82) is 0 Å². The molecule has 1 rings (SSSR count). The van der Waals surface area contributed by atoms with E-state index >= 15 is 0 Å². The number of aliphatic hydroxyl groups excluding tert-OH is 1. The van der Waals surface area contributed by atoms with Crippen molar-refractivity contribution < 1.29 is 24.2 Å². The van der Waals surface area contributed by atoms with Crippen molar-refractivity contribution in [3.05, 3.63) is 48.0 Å². The minimum atomic E-state index is -0.968. The van der Waals surface area contributed by atoms with Crippen LogP contribution < -0.4 is 10.6 Å². The van der Waals surface area contributed by atoms with Gasteiger partial charge in [0.1, 0.15) is 5.60 Å². The van der Waals surface area contributed by atoms with Gasteiger partial charge in [0, 0.05) is 25.1 Å². The highest BCUT2D eigenvalue weighted by molar-refractivity contribution is 5.92. The molecule has 7 heteroatoms. The molecule has 1 aromatic carbocycles. The summed E-state index contributed by atoms with van der Waals surface area (Å²) >= 11 is 0. The van der Waals surface area contributed by atoms with Crippen LogP contribution in [-0.4, -0.2) is 48.0 Å². The van der Waals surface area contributed by atoms with Gasteiger partial charge in [0.05, 0.1) is 18.8 Å². The molecule has 0 saturated heterocycles. The maximum absolute atomic E-state index is 12.4. The lowest BCUT2D eigenvalue weighted by Crippen LogP contribution is -2.47. The van der Waals surface area contributed by atoms with E-state index in [1.54, 1.807) is 20.8 Å². The van der Waals surface area contributed by atoms with Gasteiger partial charge in [-0.15, -0.1) is 0 Å². The molecule has 0 spiro atoms. The van der Waals surface area contributed by atoms with E-state index in [1.165, 1.54) is 0 Å². The molecule has 0 aliphatic heterocycles. The fraction of sp³-hybridized carbons (Fsp3) is 0.630. The first-order valence-corrected chi connectivity index (χ1v) is 12.3. The predicted molar refractivity (Wildman–Crippen MR) is 135 cm³/mol. The summed E-state index contributed by atoms with van der Waals surface area (Å²) in [6.07, 6.45) is 1.64. The van der Waals surface area contributed by atoms with E-state index in [4.69, 9.17) is 9.47 Å². The molecule has 2 amide bonds. The van der Waals surface area contributed by atoms with E-state index < -0.39 is 23.8 Å². The molecular weight excluding hydrogens is 432 g/mol. The SMILES string of the molecule is C=C(CC(O)C(CC(C)CCOCc1ccccc1)NC(=O)OC(C)(C)C)C(=O)NCCCC. The van der Waals surface area contributed by atoms with Crippen LogP contribution in [0.4, 0.5) is 4.79 Å². The van der Waals surface area contributed by atoms with E-state index in [0.29, 0.717) is 31.8 Å². The molecule has 0 radical (unpaired) electrons. The highest BCUT2D eigenvalue weighted by Crippen LogP contribution is 2.18. The number of alkyl carbamates (subject to hydrolysis) is 1. The van der Waals surface area contributed by atoms with Gasteiger partial charge >= 0.3 is 6.09 Å². The second-order valence-electron chi connectivity index (χ2n) is 9.90. The highest BCUT2D eigenvalue weighted by Gasteiger charge is 2.27. The number of benzene rings is 1. The zero-order valence-corrected chi connectivity index (χ0v) is 21.6. The number of hydrogen-bond donors (Lipinski definition) is 3. The summed E-state index contributed by atoms with van der Waals surface area (Å²) in [6, 6.07) is 9.39. The Hall–Kier alpha value is -2.38. The topological polar surface area (TPSA) is 96.9 Å². The summed E-state index contributed by atoms with van der Waals surface area (Å²) in [4.78, 5) is 24.6. The summed E-state index contributed by atoms with van der Waals surface area (Å²) in [7, 11) is 0. The Bertz CT molecular complexity index is 745. The van der Waals surface area contributed by atoms with Crippen LogP contribution in [0.15, 0.2) is 42.5 Å². The summed E-state index contributed by atoms with van der Waals surface area (Å²) in [5.41, 5.74) is 0.753. The number of carbonyl (C=O) groups excluding carboxylic acids is 2. The zero-order valence-electron chi connectivity index (χ0n) is 21.6. The van der Waals surface area contributed by atoms with Crippen molar-refractivity contribution in [2.24, 2.45) is 5.92 Å². The molecule has 0 aliphatic carbocycles. The normalized spacial score (nSPS) is 14.1. The minimum absolute atomic E-state index is 0.0651. The Morgan fingerprint density at radius 2 is 1.85 bits per heavy atom. The first-order chi connectivity index (χ1) is 16.0. The smallest absolute Gasteiger partial charge is 0.407 e. The van der Waals surface area contributed by atoms with E-state index in [-0.39, 0.29) is 18.2 Å². The van der Waals surface area contributed by atoms with Gasteiger partial charge in [0.2, 0.25) is 5.91 Å². The third-order valence-electron chi connectivity index (χ3n) is 5.28. The monoisotopic (exact) mass is 476 g/mol. The number of unbranched alkanes of at least 4 members (excludes halogenated alkanes) is 1. The lowest BCUT2D eigenvalue weighted by atomic mass is 9.92. The van der Waals surface area contributed by atoms with Gasteiger partial charge in [-0.25, -0.2) is 4.79 Å². The van der Waals surface area contributed by atoms with Gasteiger partial charge in [-0.2, -0.15) is 0 Å². The van der Waals surface area contributed by atoms with E-state index in [1.807, 2.05) is 37.3 Å². The molecule has 7 nitrogen and oxygen atoms in total. The molecule has 0 heterocycles. The molecule has 0 saturated carbocycles. The maximum atomic E-state index is 12.4. The first kappa shape index (κ1) is 29.7. The molecule has 192 valence electrons. The first-order valence-electron chi connectivity index (χ1n) is 12.3. The lowest BCUT2D eigenvalue weighted by molar-refractivity contribution is -0.117. The summed E-state index contributed by atoms with van der Waals surface area (Å²) in [6.45, 7) is 15.0. The zero-order chi connectivity index (χ0) is 25.6. The lowest BCUT2D eigenvalue weighted by Gasteiger charge is -2.29. The number of amides is 2. The summed E-state index contributed by atoms with van der Waals surface area (Å²) in [5.74, 6) is -0.108. The summed E-state index contributed by atoms with van der Waals surface area (Å²) < 4.78 is 11.2. The molecule has 0 fully saturated rings. The van der Waals surface area contributed by atoms with E-state index in [9.17, 15) is 14.7 Å². The van der Waals surface area contributed by atoms with Crippen LogP contribution >= 0.6 is 0 Å². The van der Waals surface area contributed by atoms with Gasteiger partial charge in [-0.3, -0.25) is 4.79 Å². The molecule has 0 bridgehead atoms. The van der Waals surface area contributed by atoms with Gasteiger partial charge in [0.25, 0.3) is 0 Å². The Kier molecular flexibility index (Phi) is 13.5. The molecule has 1 aromatic rings. The fourth-order valence-corrected chi connectivity index (χ4v) is 3.36. The quantitative estimate of drug-likeness (QED) is 0.251. The number of ether oxygens (including phenoxy) is 2. The summed E-state index contributed by atoms with van der Waals surface area (Å²) in [5, 5.41) is 16.5. The third kappa shape index (κ3) is 13.4. The Labute approximate surface area is 205 Å². The Morgan fingerprint density at radius 3 is 2.47 bits per heavy atom. The number of nitrogens with one attached hydrogen (secondary N) is 2. The number of hydrogen-bond acceptors (Lipinski definition) is 5. The van der Waals surface area contributed by atoms with Crippen molar-refractivity contribution in [2.45, 2.75) is 91.1 Å². The third-order valence-corrected chi connectivity index (χ3v) is 5.28. The molecule has 0 aliphatic rings. The van der Waals surface area contributed by atoms with Crippen molar-refractivity contribution in [3.8, 4) is 0 Å². The average molecular weight is 477 g/mol. The van der Waals surface area contributed by atoms with Crippen LogP contribution in [0.1, 0.15) is 72.3 Å². The van der Waals surface area contributed by atoms with Crippen LogP contribution in [0.3, 0.4) is 0 Å². The second kappa shape index (κ2) is 15.5. The molecule has 3 N–H and O–H groups in total. The average Bonchev–Trinajstić information content (AvgIpc) is 2.75. The van der Waals surface area contributed by atoms with E-state index in [2.05, 4.69) is 24.1 Å². The van der Waals surface area contributed by atoms with Gasteiger partial charge in [0.15, 0.2) is 0 Å². The van der Waals surface area contributed by atoms with E-state index in [0.717, 1.165) is 24.8 Å². The van der Waals surface area contributed by atoms with Crippen molar-refractivity contribution >= 4 is 12.0 Å². The maximum Gasteiger partial charge on any atom is 0.407 e. The van der Waals surface area contributed by atoms with Crippen LogP contribution in [0, 0.1) is 5.92 Å². The molecule has 34 heavy (non-hydrogen) atoms. The fourth-order valence-electron chi connectivity index (χ4n) is 3.36. The second-order valence-corrected chi connectivity index (χ2v) is 9.90. The van der Waals surface area contributed by atoms with Crippen molar-refractivity contribution in [1.82, 2.24) is 10.6 Å². The Balaban J connectivity index is 2.64. The van der Waals surface area contributed by atoms with Crippen molar-refractivity contribution in [3.63, 3.8) is 0 Å². The number of aliphatic hydroxyl groups is 1. The molecular formula is C27H44N2O5. The van der Waals surface area contributed by atoms with Crippen LogP contribution in [-0.2, 0) is 20.9 Å². The standard InChI is InChI=1S/C27H44N2O5/c1-7-8-15-28-25(31)21(3)18-24(30)23(29-26(32)34-27(4,5)6)17-20(2)14-16-33-19-22-12-10-9-11-13-22/h9-13,20,23-24,30H,3,7-8,14-19H2,1-2,4-6H3,(H,28,31)(H,29,32). The van der Waals surface area contributed by atoms with Crippen LogP contribution in [0.5, 0.6) is 0 Å². The highest BCUT2D eigenvalue weighted by atomic mass is 16.6. The Morgan fingerprint density at radius 1 is 1.18 bits per heavy atom. The molecule has 3 atom stereocenters. The number of rotatable bonds is 15. The van der Waals surface area contributed by atoms with Gasteiger partial charge in [-0.1, -0.05) is 57.2 Å². The number of carbonyl (C=O) groups is 2. The van der Waals surface area contributed by atoms with Gasteiger partial charge in [-0.05, 0) is 51.5 Å². The van der Waals surface area contributed by atoms with Gasteiger partial charge < -0.3 is 25.2 Å². The predicted octanol–water partition coefficient (Wildman–Crippen LogP) is 4.74. The minimum Gasteiger partial charge on any atom is -0.444 e. The van der Waals surface area contributed by atoms with Crippen LogP contribution in [0.25, 0.3) is 0 Å². The molecule has 3 unspecified atom stereocenters. The van der Waals surface area contributed by atoms with Crippen molar-refractivity contribution in [2.75, 3.05) is 13.2 Å².